The van der Waals surface area contributed by atoms with Crippen LogP contribution in [0.25, 0.3) is 0 Å². The van der Waals surface area contributed by atoms with Crippen LogP contribution in [0.2, 0.25) is 0 Å². The maximum atomic E-state index is 10.7. The standard InChI is InChI=1S/C7H11NO3/c1-10-7(9)4-6-5-11-3-2-8-6/h4,8H,2-3,5H2,1H3. The summed E-state index contributed by atoms with van der Waals surface area (Å²) < 4.78 is 9.53. The molecule has 0 spiro atoms. The average molecular weight is 157 g/mol. The normalized spacial score (nSPS) is 21.0. The Labute approximate surface area is 65.2 Å². The molecule has 0 radical (unpaired) electrons. The van der Waals surface area contributed by atoms with Gasteiger partial charge < -0.3 is 14.8 Å². The van der Waals surface area contributed by atoms with Crippen molar-refractivity contribution < 1.29 is 14.3 Å². The Balaban J connectivity index is 2.43. The van der Waals surface area contributed by atoms with E-state index in [0.717, 1.165) is 12.2 Å². The minimum absolute atomic E-state index is 0.349. The van der Waals surface area contributed by atoms with E-state index in [4.69, 9.17) is 4.74 Å². The molecule has 1 heterocycles. The molecule has 4 nitrogen and oxygen atoms in total. The Kier molecular flexibility index (Phi) is 2.92. The molecule has 0 amide bonds. The van der Waals surface area contributed by atoms with E-state index < -0.39 is 0 Å². The number of carbonyl (C=O) groups excluding carboxylic acids is 1. The highest BCUT2D eigenvalue weighted by molar-refractivity contribution is 5.82. The van der Waals surface area contributed by atoms with Gasteiger partial charge >= 0.3 is 5.97 Å². The van der Waals surface area contributed by atoms with Gasteiger partial charge in [0.25, 0.3) is 0 Å². The molecule has 1 rings (SSSR count). The summed E-state index contributed by atoms with van der Waals surface area (Å²) in [5, 5.41) is 3.02. The molecule has 0 aromatic carbocycles. The first kappa shape index (κ1) is 8.07. The first-order chi connectivity index (χ1) is 5.33. The zero-order valence-corrected chi connectivity index (χ0v) is 6.42. The van der Waals surface area contributed by atoms with Gasteiger partial charge in [-0.05, 0) is 0 Å². The second-order valence-electron chi connectivity index (χ2n) is 2.17. The summed E-state index contributed by atoms with van der Waals surface area (Å²) in [5.74, 6) is -0.349. The summed E-state index contributed by atoms with van der Waals surface area (Å²) >= 11 is 0. The molecule has 1 fully saturated rings. The molecule has 1 saturated heterocycles. The van der Waals surface area contributed by atoms with Crippen LogP contribution < -0.4 is 5.32 Å². The first-order valence-electron chi connectivity index (χ1n) is 3.43. The predicted molar refractivity (Wildman–Crippen MR) is 38.9 cm³/mol. The quantitative estimate of drug-likeness (QED) is 0.418. The molecule has 1 aliphatic heterocycles. The molecule has 1 aliphatic rings. The van der Waals surface area contributed by atoms with Crippen molar-refractivity contribution in [3.05, 3.63) is 11.8 Å². The molecule has 0 unspecified atom stereocenters. The molecule has 0 aromatic rings. The van der Waals surface area contributed by atoms with Crippen LogP contribution in [0, 0.1) is 0 Å². The number of carbonyl (C=O) groups is 1. The lowest BCUT2D eigenvalue weighted by Crippen LogP contribution is -2.29. The molecule has 0 aliphatic carbocycles. The van der Waals surface area contributed by atoms with E-state index in [1.54, 1.807) is 0 Å². The van der Waals surface area contributed by atoms with E-state index in [-0.39, 0.29) is 5.97 Å². The third kappa shape index (κ3) is 2.59. The van der Waals surface area contributed by atoms with Crippen molar-refractivity contribution in [1.29, 1.82) is 0 Å². The van der Waals surface area contributed by atoms with Crippen LogP contribution in [0.3, 0.4) is 0 Å². The summed E-state index contributed by atoms with van der Waals surface area (Å²) in [6.45, 7) is 1.91. The van der Waals surface area contributed by atoms with Gasteiger partial charge in [0, 0.05) is 18.3 Å². The fourth-order valence-electron chi connectivity index (χ4n) is 0.811. The molecular weight excluding hydrogens is 146 g/mol. The number of ether oxygens (including phenoxy) is 2. The largest absolute Gasteiger partial charge is 0.466 e. The molecule has 62 valence electrons. The van der Waals surface area contributed by atoms with Crippen LogP contribution >= 0.6 is 0 Å². The van der Waals surface area contributed by atoms with Crippen molar-refractivity contribution in [2.45, 2.75) is 0 Å². The van der Waals surface area contributed by atoms with Crippen LogP contribution in [0.4, 0.5) is 0 Å². The van der Waals surface area contributed by atoms with Crippen molar-refractivity contribution >= 4 is 5.97 Å². The molecule has 0 atom stereocenters. The van der Waals surface area contributed by atoms with E-state index in [0.29, 0.717) is 13.2 Å². The van der Waals surface area contributed by atoms with Crippen molar-refractivity contribution in [1.82, 2.24) is 5.32 Å². The third-order valence-electron chi connectivity index (χ3n) is 1.35. The number of morpholine rings is 1. The number of nitrogens with one attached hydrogen (secondary N) is 1. The maximum absolute atomic E-state index is 10.7. The maximum Gasteiger partial charge on any atom is 0.332 e. The summed E-state index contributed by atoms with van der Waals surface area (Å²) in [7, 11) is 1.35. The van der Waals surface area contributed by atoms with Gasteiger partial charge in [-0.15, -0.1) is 0 Å². The van der Waals surface area contributed by atoms with Gasteiger partial charge in [-0.1, -0.05) is 0 Å². The Bertz CT molecular complexity index is 169. The molecule has 0 saturated carbocycles. The highest BCUT2D eigenvalue weighted by Crippen LogP contribution is 1.96. The fraction of sp³-hybridized carbons (Fsp3) is 0.571. The van der Waals surface area contributed by atoms with E-state index in [2.05, 4.69) is 10.1 Å². The number of esters is 1. The van der Waals surface area contributed by atoms with Crippen LogP contribution in [0.5, 0.6) is 0 Å². The van der Waals surface area contributed by atoms with Crippen molar-refractivity contribution in [2.24, 2.45) is 0 Å². The Morgan fingerprint density at radius 2 is 2.64 bits per heavy atom. The average Bonchev–Trinajstić information content (AvgIpc) is 2.06. The van der Waals surface area contributed by atoms with Crippen molar-refractivity contribution in [2.75, 3.05) is 26.9 Å². The molecular formula is C7H11NO3. The lowest BCUT2D eigenvalue weighted by Gasteiger charge is -2.16. The number of methoxy groups -OCH3 is 1. The van der Waals surface area contributed by atoms with Gasteiger partial charge in [0.15, 0.2) is 0 Å². The van der Waals surface area contributed by atoms with Crippen LogP contribution in [-0.4, -0.2) is 32.8 Å². The number of rotatable bonds is 1. The zero-order chi connectivity index (χ0) is 8.10. The van der Waals surface area contributed by atoms with Crippen LogP contribution in [-0.2, 0) is 14.3 Å². The summed E-state index contributed by atoms with van der Waals surface area (Å²) in [4.78, 5) is 10.7. The summed E-state index contributed by atoms with van der Waals surface area (Å²) in [5.41, 5.74) is 0.781. The fourth-order valence-corrected chi connectivity index (χ4v) is 0.811. The number of hydrogen-bond acceptors (Lipinski definition) is 4. The second kappa shape index (κ2) is 3.98. The monoisotopic (exact) mass is 157 g/mol. The zero-order valence-electron chi connectivity index (χ0n) is 6.42. The summed E-state index contributed by atoms with van der Waals surface area (Å²) in [6.07, 6.45) is 1.40. The van der Waals surface area contributed by atoms with Gasteiger partial charge in [0.2, 0.25) is 0 Å². The van der Waals surface area contributed by atoms with E-state index in [1.165, 1.54) is 13.2 Å². The molecule has 1 N–H and O–H groups in total. The molecule has 4 heteroatoms. The van der Waals surface area contributed by atoms with Crippen LogP contribution in [0.15, 0.2) is 11.8 Å². The lowest BCUT2D eigenvalue weighted by molar-refractivity contribution is -0.135. The third-order valence-corrected chi connectivity index (χ3v) is 1.35. The highest BCUT2D eigenvalue weighted by atomic mass is 16.5. The summed E-state index contributed by atoms with van der Waals surface area (Å²) in [6, 6.07) is 0. The Morgan fingerprint density at radius 1 is 1.82 bits per heavy atom. The van der Waals surface area contributed by atoms with E-state index in [1.807, 2.05) is 0 Å². The molecule has 0 aromatic heterocycles. The smallest absolute Gasteiger partial charge is 0.332 e. The second-order valence-corrected chi connectivity index (χ2v) is 2.17. The SMILES string of the molecule is COC(=O)C=C1COCCN1. The Hall–Kier alpha value is -1.03. The van der Waals surface area contributed by atoms with Gasteiger partial charge in [0.05, 0.1) is 20.3 Å². The minimum Gasteiger partial charge on any atom is -0.466 e. The number of hydrogen-bond donors (Lipinski definition) is 1. The first-order valence-corrected chi connectivity index (χ1v) is 3.43. The van der Waals surface area contributed by atoms with Crippen LogP contribution in [0.1, 0.15) is 0 Å². The van der Waals surface area contributed by atoms with Crippen molar-refractivity contribution in [3.63, 3.8) is 0 Å². The van der Waals surface area contributed by atoms with Gasteiger partial charge in [-0.3, -0.25) is 0 Å². The highest BCUT2D eigenvalue weighted by Gasteiger charge is 2.05. The van der Waals surface area contributed by atoms with E-state index in [9.17, 15) is 4.79 Å². The van der Waals surface area contributed by atoms with Gasteiger partial charge in [-0.25, -0.2) is 4.79 Å². The molecule has 11 heavy (non-hydrogen) atoms. The Morgan fingerprint density at radius 3 is 3.18 bits per heavy atom. The lowest BCUT2D eigenvalue weighted by atomic mass is 10.3. The topological polar surface area (TPSA) is 47.6 Å². The van der Waals surface area contributed by atoms with Gasteiger partial charge in [-0.2, -0.15) is 0 Å². The van der Waals surface area contributed by atoms with Crippen molar-refractivity contribution in [3.8, 4) is 0 Å². The minimum atomic E-state index is -0.349. The van der Waals surface area contributed by atoms with Gasteiger partial charge in [0.1, 0.15) is 0 Å². The van der Waals surface area contributed by atoms with E-state index >= 15 is 0 Å². The molecule has 0 bridgehead atoms. The predicted octanol–water partition coefficient (Wildman–Crippen LogP) is -0.337.